The Labute approximate surface area is 120 Å². The first-order chi connectivity index (χ1) is 8.94. The summed E-state index contributed by atoms with van der Waals surface area (Å²) >= 11 is 1.68. The molecule has 2 saturated heterocycles. The fourth-order valence-electron chi connectivity index (χ4n) is 2.57. The normalized spacial score (nSPS) is 28.2. The summed E-state index contributed by atoms with van der Waals surface area (Å²) < 4.78 is 5.96. The molecule has 2 fully saturated rings. The van der Waals surface area contributed by atoms with Crippen molar-refractivity contribution >= 4 is 17.7 Å². The van der Waals surface area contributed by atoms with Crippen LogP contribution in [0.3, 0.4) is 0 Å². The lowest BCUT2D eigenvalue weighted by atomic mass is 10.2. The van der Waals surface area contributed by atoms with Gasteiger partial charge in [-0.15, -0.1) is 11.8 Å². The zero-order chi connectivity index (χ0) is 13.9. The zero-order valence-corrected chi connectivity index (χ0v) is 13.1. The zero-order valence-electron chi connectivity index (χ0n) is 12.3. The number of amides is 1. The summed E-state index contributed by atoms with van der Waals surface area (Å²) in [5, 5.41) is 2.99. The van der Waals surface area contributed by atoms with Gasteiger partial charge in [0, 0.05) is 23.9 Å². The van der Waals surface area contributed by atoms with Crippen LogP contribution in [0.2, 0.25) is 0 Å². The summed E-state index contributed by atoms with van der Waals surface area (Å²) in [5.41, 5.74) is 0. The van der Waals surface area contributed by atoms with Crippen molar-refractivity contribution in [3.63, 3.8) is 0 Å². The molecule has 19 heavy (non-hydrogen) atoms. The number of nitrogens with zero attached hydrogens (tertiary/aromatic N) is 1. The Morgan fingerprint density at radius 1 is 1.47 bits per heavy atom. The molecule has 2 aliphatic rings. The maximum atomic E-state index is 11.8. The van der Waals surface area contributed by atoms with Gasteiger partial charge >= 0.3 is 0 Å². The van der Waals surface area contributed by atoms with Crippen molar-refractivity contribution in [1.82, 2.24) is 10.2 Å². The highest BCUT2D eigenvalue weighted by atomic mass is 32.2. The predicted octanol–water partition coefficient (Wildman–Crippen LogP) is 1.50. The second-order valence-electron chi connectivity index (χ2n) is 6.45. The quantitative estimate of drug-likeness (QED) is 0.850. The van der Waals surface area contributed by atoms with Gasteiger partial charge in [-0.3, -0.25) is 9.69 Å². The molecule has 2 atom stereocenters. The number of thioether (sulfide) groups is 1. The lowest BCUT2D eigenvalue weighted by Gasteiger charge is -2.35. The van der Waals surface area contributed by atoms with Crippen LogP contribution in [0.25, 0.3) is 0 Å². The number of morpholine rings is 1. The first kappa shape index (κ1) is 15.1. The third-order valence-corrected chi connectivity index (χ3v) is 4.90. The number of rotatable bonds is 4. The molecule has 0 saturated carbocycles. The molecule has 2 unspecified atom stereocenters. The van der Waals surface area contributed by atoms with E-state index in [1.54, 1.807) is 11.8 Å². The molecule has 0 aromatic rings. The molecule has 0 aliphatic carbocycles. The summed E-state index contributed by atoms with van der Waals surface area (Å²) in [4.78, 5) is 14.3. The van der Waals surface area contributed by atoms with Crippen molar-refractivity contribution in [3.05, 3.63) is 0 Å². The van der Waals surface area contributed by atoms with Crippen LogP contribution in [-0.4, -0.2) is 59.7 Å². The van der Waals surface area contributed by atoms with E-state index in [2.05, 4.69) is 31.0 Å². The van der Waals surface area contributed by atoms with Crippen LogP contribution in [0, 0.1) is 0 Å². The lowest BCUT2D eigenvalue weighted by molar-refractivity contribution is -0.120. The van der Waals surface area contributed by atoms with Crippen molar-refractivity contribution in [2.45, 2.75) is 50.5 Å². The van der Waals surface area contributed by atoms with Gasteiger partial charge in [0.25, 0.3) is 0 Å². The van der Waals surface area contributed by atoms with Crippen LogP contribution in [-0.2, 0) is 9.53 Å². The van der Waals surface area contributed by atoms with Gasteiger partial charge in [-0.1, -0.05) is 20.8 Å². The third-order valence-electron chi connectivity index (χ3n) is 3.62. The van der Waals surface area contributed by atoms with Crippen LogP contribution in [0.15, 0.2) is 0 Å². The fourth-order valence-corrected chi connectivity index (χ4v) is 3.24. The summed E-state index contributed by atoms with van der Waals surface area (Å²) in [7, 11) is 0. The number of carbonyl (C=O) groups is 1. The monoisotopic (exact) mass is 286 g/mol. The second kappa shape index (κ2) is 6.46. The van der Waals surface area contributed by atoms with Gasteiger partial charge in [0.2, 0.25) is 5.91 Å². The Morgan fingerprint density at radius 3 is 3.00 bits per heavy atom. The number of ether oxygens (including phenoxy) is 1. The van der Waals surface area contributed by atoms with Crippen LogP contribution in [0.5, 0.6) is 0 Å². The van der Waals surface area contributed by atoms with E-state index in [0.717, 1.165) is 13.2 Å². The predicted molar refractivity (Wildman–Crippen MR) is 79.6 cm³/mol. The van der Waals surface area contributed by atoms with E-state index in [9.17, 15) is 4.79 Å². The molecule has 2 rings (SSSR count). The Bertz CT molecular complexity index is 317. The Balaban J connectivity index is 1.64. The van der Waals surface area contributed by atoms with Gasteiger partial charge in [-0.2, -0.15) is 0 Å². The average molecular weight is 286 g/mol. The van der Waals surface area contributed by atoms with E-state index >= 15 is 0 Å². The smallest absolute Gasteiger partial charge is 0.230 e. The fraction of sp³-hybridized carbons (Fsp3) is 0.929. The Kier molecular flexibility index (Phi) is 5.15. The number of nitrogens with one attached hydrogen (secondary N) is 1. The van der Waals surface area contributed by atoms with Crippen molar-refractivity contribution in [2.24, 2.45) is 0 Å². The summed E-state index contributed by atoms with van der Waals surface area (Å²) in [6, 6.07) is 0.628. The molecule has 2 heterocycles. The first-order valence-corrected chi connectivity index (χ1v) is 8.19. The summed E-state index contributed by atoms with van der Waals surface area (Å²) in [6.45, 7) is 10.0. The van der Waals surface area contributed by atoms with Crippen LogP contribution in [0.4, 0.5) is 0 Å². The van der Waals surface area contributed by atoms with E-state index in [4.69, 9.17) is 4.74 Å². The average Bonchev–Trinajstić information content (AvgIpc) is 2.80. The number of hydrogen-bond donors (Lipinski definition) is 1. The molecule has 2 aliphatic heterocycles. The van der Waals surface area contributed by atoms with Gasteiger partial charge in [-0.05, 0) is 19.4 Å². The highest BCUT2D eigenvalue weighted by Gasteiger charge is 2.32. The van der Waals surface area contributed by atoms with E-state index in [1.807, 2.05) is 0 Å². The Hall–Kier alpha value is -0.260. The minimum Gasteiger partial charge on any atom is -0.373 e. The molecule has 0 aromatic heterocycles. The van der Waals surface area contributed by atoms with Crippen molar-refractivity contribution in [2.75, 3.05) is 32.0 Å². The van der Waals surface area contributed by atoms with Gasteiger partial charge in [0.05, 0.1) is 18.5 Å². The largest absolute Gasteiger partial charge is 0.373 e. The second-order valence-corrected chi connectivity index (χ2v) is 8.25. The van der Waals surface area contributed by atoms with E-state index in [-0.39, 0.29) is 16.8 Å². The number of hydrogen-bond acceptors (Lipinski definition) is 4. The highest BCUT2D eigenvalue weighted by Crippen LogP contribution is 2.23. The minimum absolute atomic E-state index is 0.118. The topological polar surface area (TPSA) is 41.6 Å². The molecule has 5 heteroatoms. The maximum absolute atomic E-state index is 11.8. The van der Waals surface area contributed by atoms with Crippen LogP contribution < -0.4 is 5.32 Å². The third kappa shape index (κ3) is 4.97. The molecule has 1 N–H and O–H groups in total. The molecule has 0 bridgehead atoms. The molecular formula is C14H26N2O2S. The van der Waals surface area contributed by atoms with Crippen molar-refractivity contribution in [3.8, 4) is 0 Å². The van der Waals surface area contributed by atoms with Gasteiger partial charge < -0.3 is 10.1 Å². The maximum Gasteiger partial charge on any atom is 0.230 e. The molecule has 0 spiro atoms. The highest BCUT2D eigenvalue weighted by molar-refractivity contribution is 8.01. The number of carbonyl (C=O) groups excluding carboxylic acids is 1. The van der Waals surface area contributed by atoms with Gasteiger partial charge in [0.15, 0.2) is 0 Å². The van der Waals surface area contributed by atoms with Crippen LogP contribution in [0.1, 0.15) is 33.6 Å². The molecular weight excluding hydrogens is 260 g/mol. The van der Waals surface area contributed by atoms with Crippen LogP contribution >= 0.6 is 11.8 Å². The number of fused-ring (bicyclic) bond motifs is 1. The minimum atomic E-state index is 0.118. The lowest BCUT2D eigenvalue weighted by Crippen LogP contribution is -2.50. The molecule has 4 nitrogen and oxygen atoms in total. The van der Waals surface area contributed by atoms with E-state index in [1.165, 1.54) is 19.4 Å². The van der Waals surface area contributed by atoms with Gasteiger partial charge in [-0.25, -0.2) is 0 Å². The van der Waals surface area contributed by atoms with Crippen molar-refractivity contribution in [1.29, 1.82) is 0 Å². The summed E-state index contributed by atoms with van der Waals surface area (Å²) in [6.07, 6.45) is 2.72. The molecule has 0 aromatic carbocycles. The summed E-state index contributed by atoms with van der Waals surface area (Å²) in [5.74, 6) is 0.648. The standard InChI is InChI=1S/C14H26N2O2S/c1-14(2,3)19-10-13(17)15-7-12-8-16-6-4-5-11(16)9-18-12/h11-12H,4-10H2,1-3H3,(H,15,17). The molecule has 110 valence electrons. The molecule has 0 radical (unpaired) electrons. The first-order valence-electron chi connectivity index (χ1n) is 7.20. The van der Waals surface area contributed by atoms with Gasteiger partial charge in [0.1, 0.15) is 0 Å². The van der Waals surface area contributed by atoms with E-state index in [0.29, 0.717) is 18.3 Å². The molecule has 1 amide bonds. The van der Waals surface area contributed by atoms with E-state index < -0.39 is 0 Å². The SMILES string of the molecule is CC(C)(C)SCC(=O)NCC1CN2CCCC2CO1. The van der Waals surface area contributed by atoms with Crippen molar-refractivity contribution < 1.29 is 9.53 Å². The Morgan fingerprint density at radius 2 is 2.26 bits per heavy atom.